The highest BCUT2D eigenvalue weighted by Gasteiger charge is 2.07. The molecule has 0 bridgehead atoms. The van der Waals surface area contributed by atoms with Crippen molar-refractivity contribution in [1.29, 1.82) is 0 Å². The van der Waals surface area contributed by atoms with Crippen molar-refractivity contribution in [3.8, 4) is 11.5 Å². The van der Waals surface area contributed by atoms with Crippen LogP contribution in [0, 0.1) is 0 Å². The Morgan fingerprint density at radius 2 is 1.97 bits per heavy atom. The minimum atomic E-state index is -0.599. The van der Waals surface area contributed by atoms with Gasteiger partial charge in [-0.15, -0.1) is 0 Å². The first-order chi connectivity index (χ1) is 14.1. The number of hydrogen-bond acceptors (Lipinski definition) is 6. The molecule has 150 valence electrons. The van der Waals surface area contributed by atoms with Crippen molar-refractivity contribution < 1.29 is 28.7 Å². The quantitative estimate of drug-likeness (QED) is 0.234. The van der Waals surface area contributed by atoms with E-state index >= 15 is 0 Å². The van der Waals surface area contributed by atoms with Crippen molar-refractivity contribution >= 4 is 28.9 Å². The summed E-state index contributed by atoms with van der Waals surface area (Å²) in [6.45, 7) is 0.558. The van der Waals surface area contributed by atoms with Crippen molar-refractivity contribution in [2.45, 2.75) is 0 Å². The SMILES string of the molecule is COc1cccc2cc(C=CC(=O)NCCOc3ccc(C(=O)NO)cc3)oc12. The molecule has 0 atom stereocenters. The Hall–Kier alpha value is -3.78. The first kappa shape index (κ1) is 20.0. The number of methoxy groups -OCH3 is 1. The van der Waals surface area contributed by atoms with Gasteiger partial charge in [0.1, 0.15) is 18.1 Å². The van der Waals surface area contributed by atoms with Gasteiger partial charge in [-0.2, -0.15) is 0 Å². The minimum Gasteiger partial charge on any atom is -0.493 e. The number of rotatable bonds is 8. The smallest absolute Gasteiger partial charge is 0.274 e. The highest BCUT2D eigenvalue weighted by atomic mass is 16.5. The molecule has 0 spiro atoms. The van der Waals surface area contributed by atoms with Gasteiger partial charge in [0.05, 0.1) is 13.7 Å². The molecule has 3 N–H and O–H groups in total. The van der Waals surface area contributed by atoms with E-state index in [0.717, 1.165) is 5.39 Å². The molecule has 0 radical (unpaired) electrons. The van der Waals surface area contributed by atoms with Gasteiger partial charge in [0, 0.05) is 17.0 Å². The van der Waals surface area contributed by atoms with Crippen LogP contribution in [0.5, 0.6) is 11.5 Å². The second kappa shape index (κ2) is 9.43. The van der Waals surface area contributed by atoms with E-state index in [1.165, 1.54) is 18.2 Å². The van der Waals surface area contributed by atoms with E-state index in [0.29, 0.717) is 35.0 Å². The summed E-state index contributed by atoms with van der Waals surface area (Å²) in [5.74, 6) is 0.840. The Bertz CT molecular complexity index is 1020. The molecule has 0 saturated carbocycles. The second-order valence-corrected chi connectivity index (χ2v) is 5.97. The standard InChI is InChI=1S/C21H20N2O6/c1-27-18-4-2-3-15-13-17(29-20(15)18)9-10-19(24)22-11-12-28-16-7-5-14(6-8-16)21(25)23-26/h2-10,13,26H,11-12H2,1H3,(H,22,24)(H,23,25). The van der Waals surface area contributed by atoms with Crippen molar-refractivity contribution in [3.63, 3.8) is 0 Å². The number of carbonyl (C=O) groups excluding carboxylic acids is 2. The van der Waals surface area contributed by atoms with Crippen molar-refractivity contribution in [1.82, 2.24) is 10.8 Å². The Morgan fingerprint density at radius 1 is 1.17 bits per heavy atom. The predicted molar refractivity (Wildman–Crippen MR) is 106 cm³/mol. The van der Waals surface area contributed by atoms with Gasteiger partial charge in [-0.3, -0.25) is 14.8 Å². The third kappa shape index (κ3) is 5.14. The molecule has 0 saturated heterocycles. The number of hydroxylamine groups is 1. The van der Waals surface area contributed by atoms with Crippen LogP contribution in [-0.2, 0) is 4.79 Å². The number of fused-ring (bicyclic) bond motifs is 1. The summed E-state index contributed by atoms with van der Waals surface area (Å²) in [6, 6.07) is 13.6. The molecule has 2 amide bonds. The maximum Gasteiger partial charge on any atom is 0.274 e. The highest BCUT2D eigenvalue weighted by molar-refractivity contribution is 5.93. The fraction of sp³-hybridized carbons (Fsp3) is 0.143. The van der Waals surface area contributed by atoms with Gasteiger partial charge in [-0.25, -0.2) is 5.48 Å². The molecular formula is C21H20N2O6. The predicted octanol–water partition coefficient (Wildman–Crippen LogP) is 2.77. The molecule has 3 rings (SSSR count). The molecule has 0 unspecified atom stereocenters. The Labute approximate surface area is 166 Å². The van der Waals surface area contributed by atoms with Crippen LogP contribution in [0.4, 0.5) is 0 Å². The number of carbonyl (C=O) groups is 2. The molecule has 8 nitrogen and oxygen atoms in total. The zero-order chi connectivity index (χ0) is 20.6. The van der Waals surface area contributed by atoms with Crippen LogP contribution in [0.25, 0.3) is 17.0 Å². The van der Waals surface area contributed by atoms with E-state index in [1.54, 1.807) is 36.9 Å². The Kier molecular flexibility index (Phi) is 6.49. The molecule has 1 heterocycles. The minimum absolute atomic E-state index is 0.257. The summed E-state index contributed by atoms with van der Waals surface area (Å²) in [5, 5.41) is 12.2. The maximum absolute atomic E-state index is 11.9. The molecule has 0 aliphatic carbocycles. The van der Waals surface area contributed by atoms with Gasteiger partial charge in [0.15, 0.2) is 11.3 Å². The third-order valence-electron chi connectivity index (χ3n) is 4.03. The van der Waals surface area contributed by atoms with Crippen molar-refractivity contribution in [3.05, 3.63) is 65.9 Å². The summed E-state index contributed by atoms with van der Waals surface area (Å²) >= 11 is 0. The molecule has 3 aromatic rings. The van der Waals surface area contributed by atoms with Gasteiger partial charge in [0.2, 0.25) is 5.91 Å². The molecule has 1 aromatic heterocycles. The average Bonchev–Trinajstić information content (AvgIpc) is 3.18. The second-order valence-electron chi connectivity index (χ2n) is 5.97. The normalized spacial score (nSPS) is 10.8. The molecule has 0 aliphatic heterocycles. The Morgan fingerprint density at radius 3 is 2.69 bits per heavy atom. The number of hydrogen-bond donors (Lipinski definition) is 3. The summed E-state index contributed by atoms with van der Waals surface area (Å²) in [6.07, 6.45) is 2.97. The fourth-order valence-corrected chi connectivity index (χ4v) is 2.63. The van der Waals surface area contributed by atoms with E-state index in [1.807, 2.05) is 18.2 Å². The lowest BCUT2D eigenvalue weighted by Crippen LogP contribution is -2.26. The van der Waals surface area contributed by atoms with Crippen LogP contribution in [0.3, 0.4) is 0 Å². The largest absolute Gasteiger partial charge is 0.493 e. The van der Waals surface area contributed by atoms with Crippen LogP contribution in [0.2, 0.25) is 0 Å². The topological polar surface area (TPSA) is 110 Å². The van der Waals surface area contributed by atoms with E-state index in [2.05, 4.69) is 5.32 Å². The number of para-hydroxylation sites is 1. The Balaban J connectivity index is 1.46. The molecule has 0 aliphatic rings. The molecule has 2 aromatic carbocycles. The molecular weight excluding hydrogens is 376 g/mol. The average molecular weight is 396 g/mol. The molecule has 29 heavy (non-hydrogen) atoms. The van der Waals surface area contributed by atoms with Crippen LogP contribution >= 0.6 is 0 Å². The zero-order valence-corrected chi connectivity index (χ0v) is 15.7. The molecule has 0 fully saturated rings. The fourth-order valence-electron chi connectivity index (χ4n) is 2.63. The van der Waals surface area contributed by atoms with Crippen LogP contribution in [0.1, 0.15) is 16.1 Å². The maximum atomic E-state index is 11.9. The summed E-state index contributed by atoms with van der Waals surface area (Å²) < 4.78 is 16.4. The van der Waals surface area contributed by atoms with Crippen LogP contribution in [-0.4, -0.2) is 37.3 Å². The summed E-state index contributed by atoms with van der Waals surface area (Å²) in [5.41, 5.74) is 2.49. The molecule has 8 heteroatoms. The van der Waals surface area contributed by atoms with E-state index in [9.17, 15) is 9.59 Å². The van der Waals surface area contributed by atoms with Gasteiger partial charge in [-0.1, -0.05) is 12.1 Å². The van der Waals surface area contributed by atoms with Crippen molar-refractivity contribution in [2.24, 2.45) is 0 Å². The lowest BCUT2D eigenvalue weighted by molar-refractivity contribution is -0.116. The monoisotopic (exact) mass is 396 g/mol. The van der Waals surface area contributed by atoms with Crippen LogP contribution < -0.4 is 20.3 Å². The summed E-state index contributed by atoms with van der Waals surface area (Å²) in [4.78, 5) is 23.2. The van der Waals surface area contributed by atoms with E-state index in [-0.39, 0.29) is 12.5 Å². The number of nitrogens with one attached hydrogen (secondary N) is 2. The van der Waals surface area contributed by atoms with Gasteiger partial charge in [0.25, 0.3) is 5.91 Å². The number of ether oxygens (including phenoxy) is 2. The lowest BCUT2D eigenvalue weighted by Gasteiger charge is -2.07. The van der Waals surface area contributed by atoms with E-state index < -0.39 is 5.91 Å². The first-order valence-electron chi connectivity index (χ1n) is 8.80. The highest BCUT2D eigenvalue weighted by Crippen LogP contribution is 2.28. The van der Waals surface area contributed by atoms with E-state index in [4.69, 9.17) is 19.1 Å². The number of furan rings is 1. The van der Waals surface area contributed by atoms with Crippen LogP contribution in [0.15, 0.2) is 59.0 Å². The van der Waals surface area contributed by atoms with Crippen molar-refractivity contribution in [2.75, 3.05) is 20.3 Å². The summed E-state index contributed by atoms with van der Waals surface area (Å²) in [7, 11) is 1.57. The number of benzene rings is 2. The first-order valence-corrected chi connectivity index (χ1v) is 8.80. The van der Waals surface area contributed by atoms with Gasteiger partial charge in [-0.05, 0) is 42.5 Å². The zero-order valence-electron chi connectivity index (χ0n) is 15.7. The van der Waals surface area contributed by atoms with Gasteiger partial charge < -0.3 is 19.2 Å². The van der Waals surface area contributed by atoms with Gasteiger partial charge >= 0.3 is 0 Å². The number of amides is 2. The third-order valence-corrected chi connectivity index (χ3v) is 4.03. The lowest BCUT2D eigenvalue weighted by atomic mass is 10.2.